The fraction of sp³-hybridized carbons (Fsp3) is 0.536. The van der Waals surface area contributed by atoms with E-state index in [1.165, 1.54) is 0 Å². The molecule has 1 heterocycles. The summed E-state index contributed by atoms with van der Waals surface area (Å²) in [4.78, 5) is 40.5. The number of hydrogen-bond donors (Lipinski definition) is 1. The van der Waals surface area contributed by atoms with Gasteiger partial charge < -0.3 is 14.7 Å². The van der Waals surface area contributed by atoms with Crippen LogP contribution in [0.5, 0.6) is 5.75 Å². The van der Waals surface area contributed by atoms with Crippen molar-refractivity contribution in [1.82, 2.24) is 4.90 Å². The Morgan fingerprint density at radius 3 is 2.03 bits per heavy atom. The molecule has 0 bridgehead atoms. The highest BCUT2D eigenvalue weighted by Gasteiger charge is 2.48. The summed E-state index contributed by atoms with van der Waals surface area (Å²) in [5.41, 5.74) is 3.92. The maximum absolute atomic E-state index is 13.7. The predicted molar refractivity (Wildman–Crippen MR) is 134 cm³/mol. The number of carbonyl (C=O) groups is 3. The van der Waals surface area contributed by atoms with Gasteiger partial charge in [0.25, 0.3) is 0 Å². The Morgan fingerprint density at radius 2 is 1.57 bits per heavy atom. The van der Waals surface area contributed by atoms with Crippen LogP contribution in [0.25, 0.3) is 0 Å². The van der Waals surface area contributed by atoms with E-state index in [-0.39, 0.29) is 33.2 Å². The van der Waals surface area contributed by atoms with E-state index in [1.54, 1.807) is 18.2 Å². The molecule has 0 spiro atoms. The van der Waals surface area contributed by atoms with Crippen molar-refractivity contribution in [2.24, 2.45) is 10.8 Å². The molecule has 4 rings (SSSR count). The topological polar surface area (TPSA) is 83.9 Å². The molecule has 1 aliphatic heterocycles. The maximum Gasteiger partial charge on any atom is 0.341 e. The van der Waals surface area contributed by atoms with E-state index < -0.39 is 18.5 Å². The minimum absolute atomic E-state index is 0.0777. The fourth-order valence-corrected chi connectivity index (χ4v) is 6.07. The van der Waals surface area contributed by atoms with Crippen molar-refractivity contribution in [3.05, 3.63) is 51.3 Å². The zero-order valence-corrected chi connectivity index (χ0v) is 21.9. The van der Waals surface area contributed by atoms with Crippen molar-refractivity contribution in [3.63, 3.8) is 0 Å². The molecular formula is C28H34ClNO5. The largest absolute Gasteiger partial charge is 0.480 e. The highest BCUT2D eigenvalue weighted by Crippen LogP contribution is 2.54. The Bertz CT molecular complexity index is 1110. The molecule has 7 heteroatoms. The highest BCUT2D eigenvalue weighted by molar-refractivity contribution is 6.32. The number of carboxylic acids is 1. The Morgan fingerprint density at radius 1 is 1.03 bits per heavy atom. The van der Waals surface area contributed by atoms with Crippen LogP contribution in [0.1, 0.15) is 78.2 Å². The van der Waals surface area contributed by atoms with Gasteiger partial charge in [0.2, 0.25) is 0 Å². The molecule has 1 aromatic rings. The van der Waals surface area contributed by atoms with Crippen LogP contribution in [0.3, 0.4) is 0 Å². The second kappa shape index (κ2) is 9.12. The lowest BCUT2D eigenvalue weighted by Gasteiger charge is -2.49. The molecule has 3 aliphatic rings. The van der Waals surface area contributed by atoms with E-state index in [2.05, 4.69) is 39.5 Å². The number of aliphatic carboxylic acids is 1. The molecule has 0 unspecified atom stereocenters. The first-order chi connectivity index (χ1) is 16.3. The molecule has 35 heavy (non-hydrogen) atoms. The molecule has 0 radical (unpaired) electrons. The summed E-state index contributed by atoms with van der Waals surface area (Å²) >= 11 is 6.49. The molecule has 0 saturated heterocycles. The fourth-order valence-electron chi connectivity index (χ4n) is 5.83. The number of benzene rings is 1. The molecule has 188 valence electrons. The van der Waals surface area contributed by atoms with E-state index >= 15 is 0 Å². The summed E-state index contributed by atoms with van der Waals surface area (Å²) in [6.07, 6.45) is 3.30. The van der Waals surface area contributed by atoms with Gasteiger partial charge in [-0.3, -0.25) is 9.59 Å². The Labute approximate surface area is 212 Å². The van der Waals surface area contributed by atoms with Crippen LogP contribution in [0, 0.1) is 10.8 Å². The average molecular weight is 500 g/mol. The lowest BCUT2D eigenvalue weighted by molar-refractivity contribution is -0.139. The number of carbonyl (C=O) groups excluding carboxylic acids is 2. The van der Waals surface area contributed by atoms with Gasteiger partial charge in [-0.2, -0.15) is 0 Å². The highest BCUT2D eigenvalue weighted by atomic mass is 35.5. The van der Waals surface area contributed by atoms with Crippen LogP contribution >= 0.6 is 11.6 Å². The Kier molecular flexibility index (Phi) is 6.64. The summed E-state index contributed by atoms with van der Waals surface area (Å²) in [5.74, 6) is -1.16. The number of carboxylic acid groups (broad SMARTS) is 1. The molecule has 6 nitrogen and oxygen atoms in total. The van der Waals surface area contributed by atoms with Gasteiger partial charge in [-0.05, 0) is 47.8 Å². The zero-order valence-electron chi connectivity index (χ0n) is 21.2. The standard InChI is InChI=1S/C28H34ClNO5/c1-6-9-30-18-11-27(2,3)13-20(31)25(18)24(26-19(30)12-28(4,5)14-21(26)32)16-7-8-22(17(29)10-16)35-15-23(33)34/h7-8,10,24H,6,9,11-15H2,1-5H3,(H,33,34). The number of ketones is 2. The van der Waals surface area contributed by atoms with Gasteiger partial charge in [0, 0.05) is 47.8 Å². The van der Waals surface area contributed by atoms with Crippen molar-refractivity contribution in [3.8, 4) is 5.75 Å². The average Bonchev–Trinajstić information content (AvgIpc) is 2.72. The first-order valence-electron chi connectivity index (χ1n) is 12.3. The van der Waals surface area contributed by atoms with Crippen LogP contribution in [0.2, 0.25) is 5.02 Å². The van der Waals surface area contributed by atoms with E-state index in [4.69, 9.17) is 21.4 Å². The molecule has 1 N–H and O–H groups in total. The lowest BCUT2D eigenvalue weighted by Crippen LogP contribution is -2.44. The SMILES string of the molecule is CCCN1C2=C(C(=O)CC(C)(C)C2)C(c2ccc(OCC(=O)O)c(Cl)c2)C2=C1CC(C)(C)CC2=O. The number of ether oxygens (including phenoxy) is 1. The summed E-state index contributed by atoms with van der Waals surface area (Å²) in [5, 5.41) is 9.19. The number of allylic oxidation sites excluding steroid dienone is 4. The van der Waals surface area contributed by atoms with Crippen molar-refractivity contribution in [2.45, 2.75) is 72.6 Å². The summed E-state index contributed by atoms with van der Waals surface area (Å²) < 4.78 is 5.30. The van der Waals surface area contributed by atoms with Crippen molar-refractivity contribution in [2.75, 3.05) is 13.2 Å². The second-order valence-corrected chi connectivity index (χ2v) is 12.0. The van der Waals surface area contributed by atoms with Gasteiger partial charge in [0.05, 0.1) is 5.02 Å². The third-order valence-corrected chi connectivity index (χ3v) is 7.40. The molecule has 0 fully saturated rings. The first-order valence-corrected chi connectivity index (χ1v) is 12.7. The van der Waals surface area contributed by atoms with Crippen molar-refractivity contribution >= 4 is 29.1 Å². The van der Waals surface area contributed by atoms with Crippen LogP contribution < -0.4 is 4.74 Å². The summed E-state index contributed by atoms with van der Waals surface area (Å²) in [7, 11) is 0. The van der Waals surface area contributed by atoms with Gasteiger partial charge in [-0.15, -0.1) is 0 Å². The maximum atomic E-state index is 13.7. The van der Waals surface area contributed by atoms with Gasteiger partial charge in [-0.25, -0.2) is 4.79 Å². The van der Waals surface area contributed by atoms with E-state index in [0.29, 0.717) is 24.0 Å². The lowest BCUT2D eigenvalue weighted by atomic mass is 9.63. The monoisotopic (exact) mass is 499 g/mol. The molecule has 0 amide bonds. The van der Waals surface area contributed by atoms with Gasteiger partial charge >= 0.3 is 5.97 Å². The van der Waals surface area contributed by atoms with Gasteiger partial charge in [-0.1, -0.05) is 52.3 Å². The van der Waals surface area contributed by atoms with E-state index in [1.807, 2.05) is 0 Å². The second-order valence-electron chi connectivity index (χ2n) is 11.6. The number of nitrogens with zero attached hydrogens (tertiary/aromatic N) is 1. The molecule has 2 aliphatic carbocycles. The minimum Gasteiger partial charge on any atom is -0.480 e. The van der Waals surface area contributed by atoms with Gasteiger partial charge in [0.15, 0.2) is 18.2 Å². The van der Waals surface area contributed by atoms with Gasteiger partial charge in [0.1, 0.15) is 5.75 Å². The number of Topliss-reactive ketones (excluding diaryl/α,β-unsaturated/α-hetero) is 2. The van der Waals surface area contributed by atoms with E-state index in [9.17, 15) is 14.4 Å². The third kappa shape index (κ3) is 4.90. The minimum atomic E-state index is -1.09. The third-order valence-electron chi connectivity index (χ3n) is 7.11. The Balaban J connectivity index is 1.91. The number of hydrogen-bond acceptors (Lipinski definition) is 5. The zero-order chi connectivity index (χ0) is 25.7. The quantitative estimate of drug-likeness (QED) is 0.524. The van der Waals surface area contributed by atoms with Crippen molar-refractivity contribution in [1.29, 1.82) is 0 Å². The van der Waals surface area contributed by atoms with Crippen LogP contribution in [-0.2, 0) is 14.4 Å². The molecule has 0 saturated carbocycles. The van der Waals surface area contributed by atoms with E-state index in [0.717, 1.165) is 42.8 Å². The smallest absolute Gasteiger partial charge is 0.341 e. The number of rotatable bonds is 6. The Hall–Kier alpha value is -2.60. The number of halogens is 1. The predicted octanol–water partition coefficient (Wildman–Crippen LogP) is 5.90. The van der Waals surface area contributed by atoms with Crippen LogP contribution in [0.15, 0.2) is 40.7 Å². The van der Waals surface area contributed by atoms with Crippen molar-refractivity contribution < 1.29 is 24.2 Å². The molecule has 0 atom stereocenters. The summed E-state index contributed by atoms with van der Waals surface area (Å²) in [6, 6.07) is 5.15. The van der Waals surface area contributed by atoms with Crippen LogP contribution in [0.4, 0.5) is 0 Å². The molecule has 0 aromatic heterocycles. The first kappa shape index (κ1) is 25.5. The molecule has 1 aromatic carbocycles. The normalized spacial score (nSPS) is 21.7. The summed E-state index contributed by atoms with van der Waals surface area (Å²) in [6.45, 7) is 10.9. The molecular weight excluding hydrogens is 466 g/mol. The van der Waals surface area contributed by atoms with Crippen LogP contribution in [-0.4, -0.2) is 40.7 Å².